The summed E-state index contributed by atoms with van der Waals surface area (Å²) in [7, 11) is 0. The molecule has 0 spiro atoms. The highest BCUT2D eigenvalue weighted by Gasteiger charge is 2.46. The Hall–Kier alpha value is -2.48. The standard InChI is InChI=1S/C24H31NO4/c1-15-8-9-18-17(12-15)21-19(26)13-16(14-20(21)29-24(18,4)5)23(2,3)22(27)28-11-7-6-10-25/h8,13-14,17-18,26H,6-7,9,11-12H2,1-5H3. The van der Waals surface area contributed by atoms with Gasteiger partial charge in [-0.15, -0.1) is 0 Å². The Morgan fingerprint density at radius 3 is 2.83 bits per heavy atom. The van der Waals surface area contributed by atoms with E-state index in [2.05, 4.69) is 26.8 Å². The van der Waals surface area contributed by atoms with Crippen LogP contribution >= 0.6 is 0 Å². The lowest BCUT2D eigenvalue weighted by Gasteiger charge is -2.47. The Labute approximate surface area is 173 Å². The van der Waals surface area contributed by atoms with Gasteiger partial charge in [0, 0.05) is 23.8 Å². The lowest BCUT2D eigenvalue weighted by molar-refractivity contribution is -0.149. The molecule has 29 heavy (non-hydrogen) atoms. The highest BCUT2D eigenvalue weighted by Crippen LogP contribution is 2.54. The van der Waals surface area contributed by atoms with Crippen molar-refractivity contribution in [3.05, 3.63) is 34.9 Å². The summed E-state index contributed by atoms with van der Waals surface area (Å²) in [6.07, 6.45) is 4.98. The number of nitrogens with zero attached hydrogens (tertiary/aromatic N) is 1. The Morgan fingerprint density at radius 1 is 1.41 bits per heavy atom. The number of rotatable bonds is 5. The first kappa shape index (κ1) is 21.2. The molecule has 0 radical (unpaired) electrons. The number of hydrogen-bond donors (Lipinski definition) is 1. The molecule has 2 atom stereocenters. The van der Waals surface area contributed by atoms with Crippen LogP contribution in [0.4, 0.5) is 0 Å². The Balaban J connectivity index is 1.93. The number of hydrogen-bond acceptors (Lipinski definition) is 5. The van der Waals surface area contributed by atoms with E-state index in [1.807, 2.05) is 12.1 Å². The van der Waals surface area contributed by atoms with Crippen molar-refractivity contribution in [1.82, 2.24) is 0 Å². The molecule has 3 rings (SSSR count). The van der Waals surface area contributed by atoms with Gasteiger partial charge in [0.05, 0.1) is 18.1 Å². The summed E-state index contributed by atoms with van der Waals surface area (Å²) in [6.45, 7) is 10.1. The van der Waals surface area contributed by atoms with E-state index < -0.39 is 5.41 Å². The molecule has 1 aliphatic heterocycles. The van der Waals surface area contributed by atoms with Crippen molar-refractivity contribution in [3.63, 3.8) is 0 Å². The van der Waals surface area contributed by atoms with Crippen LogP contribution < -0.4 is 4.74 Å². The summed E-state index contributed by atoms with van der Waals surface area (Å²) in [5.41, 5.74) is 1.55. The number of esters is 1. The Bertz CT molecular complexity index is 876. The molecule has 0 bridgehead atoms. The van der Waals surface area contributed by atoms with Crippen molar-refractivity contribution in [2.45, 2.75) is 77.2 Å². The van der Waals surface area contributed by atoms with Crippen LogP contribution in [0.3, 0.4) is 0 Å². The van der Waals surface area contributed by atoms with Crippen LogP contribution in [0.1, 0.15) is 77.3 Å². The van der Waals surface area contributed by atoms with Crippen molar-refractivity contribution in [2.75, 3.05) is 6.61 Å². The van der Waals surface area contributed by atoms with Crippen LogP contribution in [0.5, 0.6) is 11.5 Å². The lowest BCUT2D eigenvalue weighted by Crippen LogP contribution is -2.45. The van der Waals surface area contributed by atoms with Gasteiger partial charge in [-0.3, -0.25) is 4.79 Å². The van der Waals surface area contributed by atoms with Gasteiger partial charge in [0.25, 0.3) is 0 Å². The van der Waals surface area contributed by atoms with Crippen molar-refractivity contribution in [1.29, 1.82) is 5.26 Å². The molecule has 1 heterocycles. The SMILES string of the molecule is CC1=CCC2C(C1)c1c(O)cc(C(C)(C)C(=O)OCCCC#N)cc1OC2(C)C. The molecule has 1 aromatic rings. The summed E-state index contributed by atoms with van der Waals surface area (Å²) < 4.78 is 11.7. The predicted molar refractivity (Wildman–Crippen MR) is 111 cm³/mol. The number of allylic oxidation sites excluding steroid dienone is 2. The fraction of sp³-hybridized carbons (Fsp3) is 0.583. The fourth-order valence-corrected chi connectivity index (χ4v) is 4.54. The summed E-state index contributed by atoms with van der Waals surface area (Å²) in [5.74, 6) is 0.968. The molecule has 1 N–H and O–H groups in total. The maximum Gasteiger partial charge on any atom is 0.315 e. The molecule has 1 aromatic carbocycles. The van der Waals surface area contributed by atoms with Crippen LogP contribution in [-0.2, 0) is 14.9 Å². The zero-order chi connectivity index (χ0) is 21.4. The summed E-state index contributed by atoms with van der Waals surface area (Å²) >= 11 is 0. The van der Waals surface area contributed by atoms with E-state index in [-0.39, 0.29) is 29.8 Å². The van der Waals surface area contributed by atoms with E-state index >= 15 is 0 Å². The molecule has 0 fully saturated rings. The van der Waals surface area contributed by atoms with Gasteiger partial charge < -0.3 is 14.6 Å². The van der Waals surface area contributed by atoms with Crippen LogP contribution in [0.2, 0.25) is 0 Å². The molecule has 2 unspecified atom stereocenters. The van der Waals surface area contributed by atoms with Crippen molar-refractivity contribution >= 4 is 5.97 Å². The molecule has 0 saturated carbocycles. The number of fused-ring (bicyclic) bond motifs is 3. The van der Waals surface area contributed by atoms with Crippen LogP contribution in [0, 0.1) is 17.2 Å². The molecule has 156 valence electrons. The van der Waals surface area contributed by atoms with E-state index in [9.17, 15) is 9.90 Å². The van der Waals surface area contributed by atoms with Crippen LogP contribution in [-0.4, -0.2) is 23.3 Å². The van der Waals surface area contributed by atoms with Gasteiger partial charge in [-0.1, -0.05) is 11.6 Å². The molecule has 0 aromatic heterocycles. The first-order valence-electron chi connectivity index (χ1n) is 10.3. The normalized spacial score (nSPS) is 22.4. The van der Waals surface area contributed by atoms with Gasteiger partial charge in [0.15, 0.2) is 0 Å². The van der Waals surface area contributed by atoms with Gasteiger partial charge in [-0.2, -0.15) is 5.26 Å². The van der Waals surface area contributed by atoms with Gasteiger partial charge in [-0.05, 0) is 71.6 Å². The second-order valence-corrected chi connectivity index (χ2v) is 9.34. The molecule has 2 aliphatic rings. The Kier molecular flexibility index (Phi) is 5.67. The number of nitriles is 1. The highest BCUT2D eigenvalue weighted by molar-refractivity contribution is 5.82. The largest absolute Gasteiger partial charge is 0.508 e. The van der Waals surface area contributed by atoms with Crippen molar-refractivity contribution < 1.29 is 19.4 Å². The predicted octanol–water partition coefficient (Wildman–Crippen LogP) is 5.13. The maximum absolute atomic E-state index is 12.7. The zero-order valence-electron chi connectivity index (χ0n) is 18.0. The zero-order valence-corrected chi connectivity index (χ0v) is 18.0. The minimum atomic E-state index is -0.939. The number of phenolic OH excluding ortho intramolecular Hbond substituents is 1. The number of benzene rings is 1. The molecular weight excluding hydrogens is 366 g/mol. The van der Waals surface area contributed by atoms with E-state index in [0.29, 0.717) is 30.1 Å². The van der Waals surface area contributed by atoms with Gasteiger partial charge >= 0.3 is 5.97 Å². The number of phenols is 1. The number of aromatic hydroxyl groups is 1. The molecule has 1 aliphatic carbocycles. The van der Waals surface area contributed by atoms with Gasteiger partial charge in [-0.25, -0.2) is 0 Å². The minimum absolute atomic E-state index is 0.183. The topological polar surface area (TPSA) is 79.5 Å². The quantitative estimate of drug-likeness (QED) is 0.423. The second kappa shape index (κ2) is 7.74. The summed E-state index contributed by atoms with van der Waals surface area (Å²) in [4.78, 5) is 12.7. The van der Waals surface area contributed by atoms with Gasteiger partial charge in [0.2, 0.25) is 0 Å². The molecule has 5 nitrogen and oxygen atoms in total. The fourth-order valence-electron chi connectivity index (χ4n) is 4.54. The third-order valence-corrected chi connectivity index (χ3v) is 6.40. The van der Waals surface area contributed by atoms with E-state index in [0.717, 1.165) is 18.4 Å². The van der Waals surface area contributed by atoms with Gasteiger partial charge in [0.1, 0.15) is 17.1 Å². The summed E-state index contributed by atoms with van der Waals surface area (Å²) in [6, 6.07) is 5.61. The molecular formula is C24H31NO4. The van der Waals surface area contributed by atoms with Crippen molar-refractivity contribution in [3.8, 4) is 17.6 Å². The van der Waals surface area contributed by atoms with E-state index in [1.165, 1.54) is 5.57 Å². The third-order valence-electron chi connectivity index (χ3n) is 6.40. The minimum Gasteiger partial charge on any atom is -0.508 e. The number of carbonyl (C=O) groups is 1. The number of carbonyl (C=O) groups excluding carboxylic acids is 1. The smallest absolute Gasteiger partial charge is 0.315 e. The monoisotopic (exact) mass is 397 g/mol. The number of unbranched alkanes of at least 4 members (excludes halogenated alkanes) is 1. The second-order valence-electron chi connectivity index (χ2n) is 9.34. The summed E-state index contributed by atoms with van der Waals surface area (Å²) in [5, 5.41) is 19.6. The molecule has 0 saturated heterocycles. The lowest BCUT2D eigenvalue weighted by atomic mass is 9.67. The Morgan fingerprint density at radius 2 is 2.14 bits per heavy atom. The number of ether oxygens (including phenoxy) is 2. The van der Waals surface area contributed by atoms with Crippen LogP contribution in [0.25, 0.3) is 0 Å². The molecule has 0 amide bonds. The first-order valence-corrected chi connectivity index (χ1v) is 10.3. The molecule has 5 heteroatoms. The van der Waals surface area contributed by atoms with E-state index in [1.54, 1.807) is 19.9 Å². The maximum atomic E-state index is 12.7. The van der Waals surface area contributed by atoms with E-state index in [4.69, 9.17) is 14.7 Å². The average molecular weight is 398 g/mol. The van der Waals surface area contributed by atoms with Crippen molar-refractivity contribution in [2.24, 2.45) is 5.92 Å². The van der Waals surface area contributed by atoms with Crippen LogP contribution in [0.15, 0.2) is 23.8 Å². The average Bonchev–Trinajstić information content (AvgIpc) is 2.63. The first-order chi connectivity index (χ1) is 13.6. The highest BCUT2D eigenvalue weighted by atomic mass is 16.5. The third kappa shape index (κ3) is 3.99.